The van der Waals surface area contributed by atoms with Crippen molar-refractivity contribution in [3.8, 4) is 11.5 Å². The van der Waals surface area contributed by atoms with Crippen LogP contribution in [0.1, 0.15) is 24.5 Å². The number of thioether (sulfide) groups is 1. The summed E-state index contributed by atoms with van der Waals surface area (Å²) in [5.74, 6) is 1.16. The van der Waals surface area contributed by atoms with Crippen LogP contribution in [-0.2, 0) is 9.53 Å². The van der Waals surface area contributed by atoms with Gasteiger partial charge in [-0.15, -0.1) is 11.8 Å². The number of carbonyl (C=O) groups is 1. The van der Waals surface area contributed by atoms with Gasteiger partial charge in [-0.1, -0.05) is 41.9 Å². The van der Waals surface area contributed by atoms with Crippen molar-refractivity contribution in [1.82, 2.24) is 0 Å². The number of benzene rings is 3. The van der Waals surface area contributed by atoms with Crippen LogP contribution >= 0.6 is 23.4 Å². The fraction of sp³-hybridized carbons (Fsp3) is 0.240. The van der Waals surface area contributed by atoms with Gasteiger partial charge in [-0.3, -0.25) is 4.79 Å². The van der Waals surface area contributed by atoms with Crippen LogP contribution < -0.4 is 4.74 Å². The lowest BCUT2D eigenvalue weighted by molar-refractivity contribution is -0.156. The predicted octanol–water partition coefficient (Wildman–Crippen LogP) is 6.85. The van der Waals surface area contributed by atoms with Gasteiger partial charge in [0.15, 0.2) is 0 Å². The van der Waals surface area contributed by atoms with E-state index in [1.54, 1.807) is 23.9 Å². The third-order valence-corrected chi connectivity index (χ3v) is 7.04. The van der Waals surface area contributed by atoms with E-state index in [1.165, 1.54) is 0 Å². The molecule has 0 amide bonds. The number of carboxylic acid groups (broad SMARTS) is 1. The summed E-state index contributed by atoms with van der Waals surface area (Å²) in [5, 5.41) is 10.7. The van der Waals surface area contributed by atoms with E-state index in [9.17, 15) is 9.90 Å². The van der Waals surface area contributed by atoms with E-state index in [0.717, 1.165) is 16.2 Å². The summed E-state index contributed by atoms with van der Waals surface area (Å²) in [6, 6.07) is 24.7. The van der Waals surface area contributed by atoms with Crippen LogP contribution in [0.2, 0.25) is 5.02 Å². The molecule has 4 rings (SSSR count). The van der Waals surface area contributed by atoms with Gasteiger partial charge in [-0.25, -0.2) is 0 Å². The average molecular weight is 455 g/mol. The molecule has 0 radical (unpaired) electrons. The van der Waals surface area contributed by atoms with Gasteiger partial charge in [0, 0.05) is 22.3 Å². The number of carboxylic acids is 1. The first-order valence-electron chi connectivity index (χ1n) is 10.1. The van der Waals surface area contributed by atoms with Crippen LogP contribution in [0.5, 0.6) is 11.5 Å². The standard InChI is InChI=1S/C25H23ClO4S/c26-19-6-8-20(9-7-19)30-21-10-12-22(13-11-21)31-17-25(24(27)28)14-15-29-23(16-25)18-4-2-1-3-5-18/h1-13,23H,14-17H2,(H,27,28). The Bertz CT molecular complexity index is 1010. The van der Waals surface area contributed by atoms with Crippen molar-refractivity contribution < 1.29 is 19.4 Å². The molecule has 160 valence electrons. The van der Waals surface area contributed by atoms with Crippen LogP contribution in [0, 0.1) is 5.41 Å². The van der Waals surface area contributed by atoms with E-state index in [0.29, 0.717) is 36.0 Å². The van der Waals surface area contributed by atoms with Gasteiger partial charge in [-0.05, 0) is 66.9 Å². The molecule has 1 saturated heterocycles. The summed E-state index contributed by atoms with van der Waals surface area (Å²) < 4.78 is 11.7. The van der Waals surface area contributed by atoms with Gasteiger partial charge in [0.1, 0.15) is 11.5 Å². The third kappa shape index (κ3) is 5.42. The van der Waals surface area contributed by atoms with Gasteiger partial charge in [0.25, 0.3) is 0 Å². The van der Waals surface area contributed by atoms with E-state index in [4.69, 9.17) is 21.1 Å². The Kier molecular flexibility index (Phi) is 6.86. The van der Waals surface area contributed by atoms with Crippen LogP contribution in [0.3, 0.4) is 0 Å². The van der Waals surface area contributed by atoms with E-state index < -0.39 is 11.4 Å². The monoisotopic (exact) mass is 454 g/mol. The Balaban J connectivity index is 1.41. The number of hydrogen-bond donors (Lipinski definition) is 1. The maximum absolute atomic E-state index is 12.3. The quantitative estimate of drug-likeness (QED) is 0.396. The Labute approximate surface area is 191 Å². The van der Waals surface area contributed by atoms with Crippen molar-refractivity contribution in [1.29, 1.82) is 0 Å². The Morgan fingerprint density at radius 2 is 1.68 bits per heavy atom. The normalized spacial score (nSPS) is 20.9. The van der Waals surface area contributed by atoms with Gasteiger partial charge >= 0.3 is 5.97 Å². The average Bonchev–Trinajstić information content (AvgIpc) is 2.81. The summed E-state index contributed by atoms with van der Waals surface area (Å²) in [5.41, 5.74) is 0.212. The SMILES string of the molecule is O=C(O)C1(CSc2ccc(Oc3ccc(Cl)cc3)cc2)CCOC(c2ccccc2)C1. The van der Waals surface area contributed by atoms with E-state index >= 15 is 0 Å². The highest BCUT2D eigenvalue weighted by Gasteiger charge is 2.44. The van der Waals surface area contributed by atoms with Crippen LogP contribution in [0.4, 0.5) is 0 Å². The Morgan fingerprint density at radius 3 is 2.32 bits per heavy atom. The van der Waals surface area contributed by atoms with Gasteiger partial charge < -0.3 is 14.6 Å². The van der Waals surface area contributed by atoms with E-state index in [-0.39, 0.29) is 6.10 Å². The highest BCUT2D eigenvalue weighted by Crippen LogP contribution is 2.44. The molecule has 1 heterocycles. The van der Waals surface area contributed by atoms with Crippen LogP contribution in [0.15, 0.2) is 83.8 Å². The summed E-state index contributed by atoms with van der Waals surface area (Å²) in [4.78, 5) is 13.3. The molecule has 3 aromatic rings. The zero-order valence-corrected chi connectivity index (χ0v) is 18.4. The summed E-state index contributed by atoms with van der Waals surface area (Å²) >= 11 is 7.46. The zero-order valence-electron chi connectivity index (χ0n) is 16.9. The Morgan fingerprint density at radius 1 is 1.03 bits per heavy atom. The minimum atomic E-state index is -0.818. The second-order valence-electron chi connectivity index (χ2n) is 7.63. The molecule has 0 saturated carbocycles. The van der Waals surface area contributed by atoms with E-state index in [2.05, 4.69) is 0 Å². The minimum absolute atomic E-state index is 0.193. The molecule has 2 atom stereocenters. The number of aliphatic carboxylic acids is 1. The first-order chi connectivity index (χ1) is 15.0. The lowest BCUT2D eigenvalue weighted by atomic mass is 9.78. The number of halogens is 1. The smallest absolute Gasteiger partial charge is 0.310 e. The Hall–Kier alpha value is -2.47. The second-order valence-corrected chi connectivity index (χ2v) is 9.11. The van der Waals surface area contributed by atoms with Crippen LogP contribution in [0.25, 0.3) is 0 Å². The zero-order chi connectivity index (χ0) is 21.7. The molecule has 1 aliphatic rings. The lowest BCUT2D eigenvalue weighted by Gasteiger charge is -2.37. The van der Waals surface area contributed by atoms with Crippen molar-refractivity contribution in [2.45, 2.75) is 23.8 Å². The molecular formula is C25H23ClO4S. The molecule has 1 N–H and O–H groups in total. The highest BCUT2D eigenvalue weighted by atomic mass is 35.5. The number of ether oxygens (including phenoxy) is 2. The van der Waals surface area contributed by atoms with Gasteiger partial charge in [0.2, 0.25) is 0 Å². The summed E-state index contributed by atoms with van der Waals surface area (Å²) in [6.07, 6.45) is 0.787. The number of rotatable bonds is 7. The largest absolute Gasteiger partial charge is 0.481 e. The molecule has 6 heteroatoms. The second kappa shape index (κ2) is 9.77. The molecule has 0 aromatic heterocycles. The summed E-state index contributed by atoms with van der Waals surface area (Å²) in [7, 11) is 0. The third-order valence-electron chi connectivity index (χ3n) is 5.49. The lowest BCUT2D eigenvalue weighted by Crippen LogP contribution is -2.40. The molecule has 0 bridgehead atoms. The van der Waals surface area contributed by atoms with Crippen molar-refractivity contribution in [2.75, 3.05) is 12.4 Å². The van der Waals surface area contributed by atoms with E-state index in [1.807, 2.05) is 66.7 Å². The molecule has 2 unspecified atom stereocenters. The first-order valence-corrected chi connectivity index (χ1v) is 11.5. The van der Waals surface area contributed by atoms with Crippen LogP contribution in [-0.4, -0.2) is 23.4 Å². The highest BCUT2D eigenvalue weighted by molar-refractivity contribution is 7.99. The fourth-order valence-corrected chi connectivity index (χ4v) is 4.93. The van der Waals surface area contributed by atoms with Crippen molar-refractivity contribution in [2.24, 2.45) is 5.41 Å². The summed E-state index contributed by atoms with van der Waals surface area (Å²) in [6.45, 7) is 0.445. The maximum atomic E-state index is 12.3. The van der Waals surface area contributed by atoms with Gasteiger partial charge in [-0.2, -0.15) is 0 Å². The first kappa shape index (κ1) is 21.8. The van der Waals surface area contributed by atoms with Gasteiger partial charge in [0.05, 0.1) is 11.5 Å². The number of hydrogen-bond acceptors (Lipinski definition) is 4. The molecule has 4 nitrogen and oxygen atoms in total. The minimum Gasteiger partial charge on any atom is -0.481 e. The predicted molar refractivity (Wildman–Crippen MR) is 123 cm³/mol. The molecule has 3 aromatic carbocycles. The fourth-order valence-electron chi connectivity index (χ4n) is 3.65. The topological polar surface area (TPSA) is 55.8 Å². The molecule has 0 spiro atoms. The molecule has 0 aliphatic carbocycles. The molecule has 1 aliphatic heterocycles. The molecule has 31 heavy (non-hydrogen) atoms. The van der Waals surface area contributed by atoms with Crippen molar-refractivity contribution in [3.63, 3.8) is 0 Å². The van der Waals surface area contributed by atoms with Crippen molar-refractivity contribution >= 4 is 29.3 Å². The van der Waals surface area contributed by atoms with Crippen molar-refractivity contribution in [3.05, 3.63) is 89.4 Å². The molecular weight excluding hydrogens is 432 g/mol. The maximum Gasteiger partial charge on any atom is 0.310 e. The molecule has 1 fully saturated rings.